The summed E-state index contributed by atoms with van der Waals surface area (Å²) in [4.78, 5) is 0. The lowest BCUT2D eigenvalue weighted by Gasteiger charge is -2.16. The van der Waals surface area contributed by atoms with Gasteiger partial charge in [-0.25, -0.2) is 0 Å². The Kier molecular flexibility index (Phi) is 4.65. The Balaban J connectivity index is 1.84. The van der Waals surface area contributed by atoms with Crippen LogP contribution in [0.4, 0.5) is 0 Å². The minimum Gasteiger partial charge on any atom is -0.373 e. The number of rotatable bonds is 6. The van der Waals surface area contributed by atoms with E-state index in [0.717, 1.165) is 17.0 Å². The summed E-state index contributed by atoms with van der Waals surface area (Å²) >= 11 is 2.41. The first-order valence-corrected chi connectivity index (χ1v) is 7.56. The Labute approximate surface area is 112 Å². The first-order valence-electron chi connectivity index (χ1n) is 6.03. The molecule has 0 aromatic heterocycles. The number of hydrogen-bond donors (Lipinski definition) is 0. The Morgan fingerprint density at radius 1 is 1.31 bits per heavy atom. The molecule has 1 aromatic carbocycles. The molecule has 1 aliphatic carbocycles. The summed E-state index contributed by atoms with van der Waals surface area (Å²) < 4.78 is 6.99. The highest BCUT2D eigenvalue weighted by atomic mass is 127. The standard InChI is InChI=1S/C14H19IO/c1-11-2-6-13(7-3-11)14(10-15)16-9-8-12-4-5-12/h2-3,6-7,12,14H,4-5,8-10H2,1H3. The van der Waals surface area contributed by atoms with Crippen LogP contribution >= 0.6 is 22.6 Å². The molecular weight excluding hydrogens is 311 g/mol. The molecule has 88 valence electrons. The van der Waals surface area contributed by atoms with Gasteiger partial charge in [-0.2, -0.15) is 0 Å². The van der Waals surface area contributed by atoms with E-state index >= 15 is 0 Å². The molecule has 0 radical (unpaired) electrons. The molecular formula is C14H19IO. The summed E-state index contributed by atoms with van der Waals surface area (Å²) in [6.45, 7) is 3.04. The van der Waals surface area contributed by atoms with Gasteiger partial charge in [-0.3, -0.25) is 0 Å². The van der Waals surface area contributed by atoms with Crippen molar-refractivity contribution < 1.29 is 4.74 Å². The van der Waals surface area contributed by atoms with Crippen molar-refractivity contribution in [3.8, 4) is 0 Å². The second-order valence-corrected chi connectivity index (χ2v) is 5.54. The third-order valence-corrected chi connectivity index (χ3v) is 3.93. The van der Waals surface area contributed by atoms with E-state index in [-0.39, 0.29) is 6.10 Å². The maximum Gasteiger partial charge on any atom is 0.0914 e. The van der Waals surface area contributed by atoms with Gasteiger partial charge in [0.25, 0.3) is 0 Å². The van der Waals surface area contributed by atoms with Crippen LogP contribution in [0.5, 0.6) is 0 Å². The molecule has 1 saturated carbocycles. The van der Waals surface area contributed by atoms with Gasteiger partial charge in [-0.15, -0.1) is 0 Å². The monoisotopic (exact) mass is 330 g/mol. The topological polar surface area (TPSA) is 9.23 Å². The fraction of sp³-hybridized carbons (Fsp3) is 0.571. The van der Waals surface area contributed by atoms with E-state index in [1.807, 2.05) is 0 Å². The molecule has 0 spiro atoms. The summed E-state index contributed by atoms with van der Waals surface area (Å²) in [7, 11) is 0. The second kappa shape index (κ2) is 6.01. The predicted molar refractivity (Wildman–Crippen MR) is 76.1 cm³/mol. The minimum atomic E-state index is 0.278. The number of alkyl halides is 1. The first kappa shape index (κ1) is 12.4. The van der Waals surface area contributed by atoms with Gasteiger partial charge in [0.05, 0.1) is 6.10 Å². The van der Waals surface area contributed by atoms with Crippen molar-refractivity contribution in [1.29, 1.82) is 0 Å². The fourth-order valence-corrected chi connectivity index (χ4v) is 2.56. The maximum atomic E-state index is 5.96. The summed E-state index contributed by atoms with van der Waals surface area (Å²) in [6, 6.07) is 8.71. The zero-order valence-corrected chi connectivity index (χ0v) is 11.9. The number of benzene rings is 1. The van der Waals surface area contributed by atoms with Crippen LogP contribution in [0.1, 0.15) is 36.5 Å². The van der Waals surface area contributed by atoms with Crippen LogP contribution < -0.4 is 0 Å². The summed E-state index contributed by atoms with van der Waals surface area (Å²) in [5.74, 6) is 0.966. The quantitative estimate of drug-likeness (QED) is 0.559. The minimum absolute atomic E-state index is 0.278. The van der Waals surface area contributed by atoms with Gasteiger partial charge in [-0.05, 0) is 24.8 Å². The van der Waals surface area contributed by atoms with Gasteiger partial charge in [-0.1, -0.05) is 65.3 Å². The molecule has 1 atom stereocenters. The maximum absolute atomic E-state index is 5.96. The highest BCUT2D eigenvalue weighted by Crippen LogP contribution is 2.33. The van der Waals surface area contributed by atoms with Crippen molar-refractivity contribution in [3.05, 3.63) is 35.4 Å². The number of hydrogen-bond acceptors (Lipinski definition) is 1. The van der Waals surface area contributed by atoms with Crippen LogP contribution in [-0.4, -0.2) is 11.0 Å². The van der Waals surface area contributed by atoms with E-state index < -0.39 is 0 Å². The number of ether oxygens (including phenoxy) is 1. The van der Waals surface area contributed by atoms with Gasteiger partial charge in [0.2, 0.25) is 0 Å². The largest absolute Gasteiger partial charge is 0.373 e. The highest BCUT2D eigenvalue weighted by molar-refractivity contribution is 14.1. The van der Waals surface area contributed by atoms with Crippen LogP contribution in [0.2, 0.25) is 0 Å². The van der Waals surface area contributed by atoms with Crippen LogP contribution in [0.15, 0.2) is 24.3 Å². The van der Waals surface area contributed by atoms with E-state index in [9.17, 15) is 0 Å². The third-order valence-electron chi connectivity index (χ3n) is 3.13. The molecule has 0 saturated heterocycles. The van der Waals surface area contributed by atoms with E-state index in [4.69, 9.17) is 4.74 Å². The van der Waals surface area contributed by atoms with Crippen molar-refractivity contribution in [1.82, 2.24) is 0 Å². The Bertz CT molecular complexity index is 316. The number of aryl methyl sites for hydroxylation is 1. The molecule has 0 heterocycles. The molecule has 2 rings (SSSR count). The van der Waals surface area contributed by atoms with E-state index in [1.54, 1.807) is 0 Å². The molecule has 16 heavy (non-hydrogen) atoms. The fourth-order valence-electron chi connectivity index (χ4n) is 1.79. The average molecular weight is 330 g/mol. The SMILES string of the molecule is Cc1ccc(C(CI)OCCC2CC2)cc1. The third kappa shape index (κ3) is 3.74. The number of halogens is 1. The van der Waals surface area contributed by atoms with E-state index in [2.05, 4.69) is 53.8 Å². The molecule has 2 heteroatoms. The van der Waals surface area contributed by atoms with Crippen LogP contribution in [0, 0.1) is 12.8 Å². The zero-order chi connectivity index (χ0) is 11.4. The normalized spacial score (nSPS) is 17.4. The molecule has 1 unspecified atom stereocenters. The lowest BCUT2D eigenvalue weighted by atomic mass is 10.1. The molecule has 1 aliphatic rings. The highest BCUT2D eigenvalue weighted by Gasteiger charge is 2.21. The second-order valence-electron chi connectivity index (χ2n) is 4.66. The van der Waals surface area contributed by atoms with Crippen LogP contribution in [0.25, 0.3) is 0 Å². The Morgan fingerprint density at radius 2 is 2.00 bits per heavy atom. The molecule has 1 nitrogen and oxygen atoms in total. The zero-order valence-electron chi connectivity index (χ0n) is 9.79. The van der Waals surface area contributed by atoms with Crippen molar-refractivity contribution in [2.45, 2.75) is 32.3 Å². The van der Waals surface area contributed by atoms with Gasteiger partial charge in [0, 0.05) is 11.0 Å². The summed E-state index contributed by atoms with van der Waals surface area (Å²) in [6.07, 6.45) is 4.37. The summed E-state index contributed by atoms with van der Waals surface area (Å²) in [5.41, 5.74) is 2.63. The smallest absolute Gasteiger partial charge is 0.0914 e. The van der Waals surface area contributed by atoms with Crippen molar-refractivity contribution in [2.24, 2.45) is 5.92 Å². The average Bonchev–Trinajstić information content (AvgIpc) is 3.10. The van der Waals surface area contributed by atoms with Gasteiger partial charge in [0.1, 0.15) is 0 Å². The van der Waals surface area contributed by atoms with Crippen LogP contribution in [-0.2, 0) is 4.74 Å². The van der Waals surface area contributed by atoms with Crippen LogP contribution in [0.3, 0.4) is 0 Å². The molecule has 1 aromatic rings. The lowest BCUT2D eigenvalue weighted by molar-refractivity contribution is 0.0665. The Morgan fingerprint density at radius 3 is 2.56 bits per heavy atom. The summed E-state index contributed by atoms with van der Waals surface area (Å²) in [5, 5.41) is 0. The van der Waals surface area contributed by atoms with Crippen molar-refractivity contribution in [3.63, 3.8) is 0 Å². The molecule has 0 bridgehead atoms. The van der Waals surface area contributed by atoms with Gasteiger partial charge >= 0.3 is 0 Å². The van der Waals surface area contributed by atoms with Gasteiger partial charge < -0.3 is 4.74 Å². The Hall–Kier alpha value is -0.0900. The van der Waals surface area contributed by atoms with Crippen molar-refractivity contribution >= 4 is 22.6 Å². The van der Waals surface area contributed by atoms with Crippen molar-refractivity contribution in [2.75, 3.05) is 11.0 Å². The van der Waals surface area contributed by atoms with E-state index in [0.29, 0.717) is 0 Å². The molecule has 1 fully saturated rings. The molecule has 0 N–H and O–H groups in total. The first-order chi connectivity index (χ1) is 7.79. The molecule has 0 amide bonds. The lowest BCUT2D eigenvalue weighted by Crippen LogP contribution is -2.07. The van der Waals surface area contributed by atoms with E-state index in [1.165, 1.54) is 30.4 Å². The molecule has 0 aliphatic heterocycles. The van der Waals surface area contributed by atoms with Gasteiger partial charge in [0.15, 0.2) is 0 Å². The predicted octanol–water partition coefficient (Wildman–Crippen LogP) is 4.29.